The lowest BCUT2D eigenvalue weighted by atomic mass is 10.1. The summed E-state index contributed by atoms with van der Waals surface area (Å²) in [5.41, 5.74) is 2.00. The number of amides is 2. The second kappa shape index (κ2) is 10.6. The minimum atomic E-state index is -3.52. The van der Waals surface area contributed by atoms with Gasteiger partial charge in [-0.2, -0.15) is 0 Å². The zero-order chi connectivity index (χ0) is 20.4. The van der Waals surface area contributed by atoms with Crippen LogP contribution in [0.4, 0.5) is 0 Å². The van der Waals surface area contributed by atoms with Crippen molar-refractivity contribution in [3.05, 3.63) is 71.8 Å². The molecule has 2 aromatic rings. The molecule has 0 spiro atoms. The van der Waals surface area contributed by atoms with Crippen molar-refractivity contribution in [1.29, 1.82) is 0 Å². The van der Waals surface area contributed by atoms with Crippen LogP contribution in [0.25, 0.3) is 0 Å². The highest BCUT2D eigenvalue weighted by Gasteiger charge is 2.20. The van der Waals surface area contributed by atoms with E-state index in [2.05, 4.69) is 10.6 Å². The lowest BCUT2D eigenvalue weighted by Gasteiger charge is -2.14. The number of hydrogen-bond donors (Lipinski definition) is 2. The predicted molar refractivity (Wildman–Crippen MR) is 109 cm³/mol. The van der Waals surface area contributed by atoms with Gasteiger partial charge in [0, 0.05) is 6.54 Å². The Labute approximate surface area is 166 Å². The van der Waals surface area contributed by atoms with Gasteiger partial charge < -0.3 is 10.6 Å². The fraction of sp³-hybridized carbons (Fsp3) is 0.333. The molecular weight excluding hydrogens is 376 g/mol. The molecule has 28 heavy (non-hydrogen) atoms. The van der Waals surface area contributed by atoms with Gasteiger partial charge in [-0.15, -0.1) is 0 Å². The summed E-state index contributed by atoms with van der Waals surface area (Å²) in [7, 11) is -3.52. The van der Waals surface area contributed by atoms with Crippen molar-refractivity contribution >= 4 is 21.7 Å². The van der Waals surface area contributed by atoms with E-state index in [1.165, 1.54) is 6.92 Å². The predicted octanol–water partition coefficient (Wildman–Crippen LogP) is 1.86. The van der Waals surface area contributed by atoms with E-state index < -0.39 is 27.5 Å². The molecule has 2 rings (SSSR count). The highest BCUT2D eigenvalue weighted by molar-refractivity contribution is 7.92. The number of carbonyl (C=O) groups is 2. The summed E-state index contributed by atoms with van der Waals surface area (Å²) in [5.74, 6) is -1.71. The average Bonchev–Trinajstić information content (AvgIpc) is 2.67. The van der Waals surface area contributed by atoms with Crippen LogP contribution in [-0.2, 0) is 32.4 Å². The standard InChI is InChI=1S/C21H26N2O4S/c1-17(21(25)22-15-19-11-6-3-7-12-19)23-20(24)16-28(26,27)14-8-13-18-9-4-2-5-10-18/h2-7,9-12,17H,8,13-16H2,1H3,(H,22,25)(H,23,24). The van der Waals surface area contributed by atoms with Gasteiger partial charge in [-0.1, -0.05) is 60.7 Å². The molecule has 6 nitrogen and oxygen atoms in total. The maximum absolute atomic E-state index is 12.1. The third-order valence-electron chi connectivity index (χ3n) is 4.19. The van der Waals surface area contributed by atoms with E-state index in [1.54, 1.807) is 0 Å². The fourth-order valence-electron chi connectivity index (χ4n) is 2.70. The van der Waals surface area contributed by atoms with Crippen LogP contribution in [-0.4, -0.2) is 37.8 Å². The Morgan fingerprint density at radius 1 is 0.929 bits per heavy atom. The van der Waals surface area contributed by atoms with Crippen LogP contribution in [0.5, 0.6) is 0 Å². The van der Waals surface area contributed by atoms with Crippen LogP contribution in [0, 0.1) is 0 Å². The van der Waals surface area contributed by atoms with E-state index >= 15 is 0 Å². The van der Waals surface area contributed by atoms with Crippen LogP contribution in [0.2, 0.25) is 0 Å². The highest BCUT2D eigenvalue weighted by atomic mass is 32.2. The summed E-state index contributed by atoms with van der Waals surface area (Å²) in [6.07, 6.45) is 1.09. The van der Waals surface area contributed by atoms with Crippen LogP contribution in [0.1, 0.15) is 24.5 Å². The maximum Gasteiger partial charge on any atom is 0.242 e. The van der Waals surface area contributed by atoms with E-state index in [0.717, 1.165) is 11.1 Å². The maximum atomic E-state index is 12.1. The molecule has 0 saturated carbocycles. The van der Waals surface area contributed by atoms with Gasteiger partial charge in [-0.3, -0.25) is 9.59 Å². The van der Waals surface area contributed by atoms with Gasteiger partial charge in [0.05, 0.1) is 5.75 Å². The van der Waals surface area contributed by atoms with Crippen molar-refractivity contribution < 1.29 is 18.0 Å². The van der Waals surface area contributed by atoms with Gasteiger partial charge >= 0.3 is 0 Å². The molecule has 1 atom stereocenters. The zero-order valence-electron chi connectivity index (χ0n) is 15.9. The molecule has 0 saturated heterocycles. The molecule has 0 radical (unpaired) electrons. The summed E-state index contributed by atoms with van der Waals surface area (Å²) < 4.78 is 24.3. The third kappa shape index (κ3) is 7.92. The van der Waals surface area contributed by atoms with Crippen LogP contribution >= 0.6 is 0 Å². The lowest BCUT2D eigenvalue weighted by Crippen LogP contribution is -2.46. The molecule has 2 aromatic carbocycles. The van der Waals surface area contributed by atoms with E-state index in [9.17, 15) is 18.0 Å². The lowest BCUT2D eigenvalue weighted by molar-refractivity contribution is -0.127. The van der Waals surface area contributed by atoms with Gasteiger partial charge in [0.1, 0.15) is 11.8 Å². The molecule has 150 valence electrons. The number of hydrogen-bond acceptors (Lipinski definition) is 4. The van der Waals surface area contributed by atoms with Crippen molar-refractivity contribution in [2.24, 2.45) is 0 Å². The first-order valence-corrected chi connectivity index (χ1v) is 11.0. The summed E-state index contributed by atoms with van der Waals surface area (Å²) >= 11 is 0. The molecule has 0 aliphatic rings. The summed E-state index contributed by atoms with van der Waals surface area (Å²) in [4.78, 5) is 24.1. The molecule has 2 N–H and O–H groups in total. The van der Waals surface area contributed by atoms with Gasteiger partial charge in [-0.25, -0.2) is 8.42 Å². The van der Waals surface area contributed by atoms with Crippen molar-refractivity contribution in [3.63, 3.8) is 0 Å². The molecule has 0 heterocycles. The van der Waals surface area contributed by atoms with Gasteiger partial charge in [0.25, 0.3) is 0 Å². The molecule has 0 aliphatic carbocycles. The Balaban J connectivity index is 1.72. The largest absolute Gasteiger partial charge is 0.350 e. The van der Waals surface area contributed by atoms with Gasteiger partial charge in [0.2, 0.25) is 11.8 Å². The number of benzene rings is 2. The van der Waals surface area contributed by atoms with Gasteiger partial charge in [-0.05, 0) is 30.9 Å². The molecule has 0 aliphatic heterocycles. The Bertz CT molecular complexity index is 868. The molecule has 0 fully saturated rings. The SMILES string of the molecule is CC(NC(=O)CS(=O)(=O)CCCc1ccccc1)C(=O)NCc1ccccc1. The molecule has 0 aromatic heterocycles. The average molecular weight is 403 g/mol. The molecule has 2 amide bonds. The Morgan fingerprint density at radius 3 is 2.11 bits per heavy atom. The van der Waals surface area contributed by atoms with Crippen LogP contribution in [0.15, 0.2) is 60.7 Å². The normalized spacial score (nSPS) is 12.2. The topological polar surface area (TPSA) is 92.3 Å². The molecular formula is C21H26N2O4S. The molecule has 7 heteroatoms. The molecule has 0 bridgehead atoms. The van der Waals surface area contributed by atoms with E-state index in [-0.39, 0.29) is 11.7 Å². The summed E-state index contributed by atoms with van der Waals surface area (Å²) in [6, 6.07) is 18.2. The number of rotatable bonds is 10. The summed E-state index contributed by atoms with van der Waals surface area (Å²) in [5, 5.41) is 5.17. The smallest absolute Gasteiger partial charge is 0.242 e. The first-order valence-electron chi connectivity index (χ1n) is 9.21. The van der Waals surface area contributed by atoms with Crippen molar-refractivity contribution in [2.75, 3.05) is 11.5 Å². The Kier molecular flexibility index (Phi) is 8.19. The second-order valence-corrected chi connectivity index (χ2v) is 8.86. The second-order valence-electron chi connectivity index (χ2n) is 6.67. The first kappa shape index (κ1) is 21.6. The van der Waals surface area contributed by atoms with E-state index in [0.29, 0.717) is 19.4 Å². The van der Waals surface area contributed by atoms with Crippen molar-refractivity contribution in [2.45, 2.75) is 32.4 Å². The quantitative estimate of drug-likeness (QED) is 0.634. The first-order chi connectivity index (χ1) is 13.4. The Hall–Kier alpha value is -2.67. The van der Waals surface area contributed by atoms with Gasteiger partial charge in [0.15, 0.2) is 9.84 Å². The van der Waals surface area contributed by atoms with E-state index in [1.807, 2.05) is 60.7 Å². The van der Waals surface area contributed by atoms with Crippen LogP contribution in [0.3, 0.4) is 0 Å². The number of sulfone groups is 1. The summed E-state index contributed by atoms with van der Waals surface area (Å²) in [6.45, 7) is 1.87. The van der Waals surface area contributed by atoms with Crippen LogP contribution < -0.4 is 10.6 Å². The highest BCUT2D eigenvalue weighted by Crippen LogP contribution is 2.05. The minimum Gasteiger partial charge on any atom is -0.350 e. The third-order valence-corrected chi connectivity index (χ3v) is 5.81. The molecule has 1 unspecified atom stereocenters. The van der Waals surface area contributed by atoms with E-state index in [4.69, 9.17) is 0 Å². The van der Waals surface area contributed by atoms with Crippen molar-refractivity contribution in [3.8, 4) is 0 Å². The zero-order valence-corrected chi connectivity index (χ0v) is 16.7. The Morgan fingerprint density at radius 2 is 1.50 bits per heavy atom. The number of nitrogens with one attached hydrogen (secondary N) is 2. The number of aryl methyl sites for hydroxylation is 1. The minimum absolute atomic E-state index is 0.0656. The fourth-order valence-corrected chi connectivity index (χ4v) is 3.91. The van der Waals surface area contributed by atoms with Crippen molar-refractivity contribution in [1.82, 2.24) is 10.6 Å². The monoisotopic (exact) mass is 402 g/mol. The number of carbonyl (C=O) groups excluding carboxylic acids is 2.